The Morgan fingerprint density at radius 3 is 2.69 bits per heavy atom. The van der Waals surface area contributed by atoms with Gasteiger partial charge in [0, 0.05) is 18.8 Å². The van der Waals surface area contributed by atoms with Gasteiger partial charge in [-0.25, -0.2) is 0 Å². The Morgan fingerprint density at radius 2 is 2.00 bits per heavy atom. The molecule has 6 heteroatoms. The summed E-state index contributed by atoms with van der Waals surface area (Å²) in [6, 6.07) is 0. The minimum atomic E-state index is 0.301. The van der Waals surface area contributed by atoms with Gasteiger partial charge in [-0.2, -0.15) is 15.0 Å². The third kappa shape index (κ3) is 2.98. The molecule has 0 saturated carbocycles. The van der Waals surface area contributed by atoms with Gasteiger partial charge in [-0.05, 0) is 30.9 Å². The van der Waals surface area contributed by atoms with Gasteiger partial charge in [0.25, 0.3) is 0 Å². The molecule has 0 spiro atoms. The number of hydrogen-bond donors (Lipinski definition) is 0. The van der Waals surface area contributed by atoms with Crippen LogP contribution < -0.4 is 4.90 Å². The third-order valence-electron chi connectivity index (χ3n) is 2.40. The van der Waals surface area contributed by atoms with Crippen LogP contribution in [0.5, 0.6) is 0 Å². The molecule has 16 heavy (non-hydrogen) atoms. The first-order valence-corrected chi connectivity index (χ1v) is 6.95. The summed E-state index contributed by atoms with van der Waals surface area (Å²) in [6.07, 6.45) is 3.52. The zero-order chi connectivity index (χ0) is 11.4. The van der Waals surface area contributed by atoms with E-state index in [1.807, 2.05) is 0 Å². The second-order valence-electron chi connectivity index (χ2n) is 3.73. The van der Waals surface area contributed by atoms with E-state index in [0.29, 0.717) is 5.28 Å². The zero-order valence-corrected chi connectivity index (χ0v) is 10.9. The minimum Gasteiger partial charge on any atom is -0.341 e. The lowest BCUT2D eigenvalue weighted by Gasteiger charge is -2.15. The van der Waals surface area contributed by atoms with Crippen LogP contribution >= 0.6 is 23.4 Å². The number of thioether (sulfide) groups is 1. The van der Waals surface area contributed by atoms with Crippen molar-refractivity contribution in [2.75, 3.05) is 23.7 Å². The highest BCUT2D eigenvalue weighted by molar-refractivity contribution is 7.99. The van der Waals surface area contributed by atoms with Crippen molar-refractivity contribution >= 4 is 29.3 Å². The lowest BCUT2D eigenvalue weighted by Crippen LogP contribution is -2.21. The van der Waals surface area contributed by atoms with Crippen LogP contribution in [-0.4, -0.2) is 33.8 Å². The molecule has 0 unspecified atom stereocenters. The number of anilines is 1. The number of nitrogens with zero attached hydrogens (tertiary/aromatic N) is 4. The molecule has 0 bridgehead atoms. The molecule has 4 nitrogen and oxygen atoms in total. The van der Waals surface area contributed by atoms with E-state index in [1.54, 1.807) is 11.8 Å². The van der Waals surface area contributed by atoms with Gasteiger partial charge < -0.3 is 4.90 Å². The average molecular weight is 259 g/mol. The summed E-state index contributed by atoms with van der Waals surface area (Å²) >= 11 is 7.54. The lowest BCUT2D eigenvalue weighted by molar-refractivity contribution is 0.825. The molecule has 2 heterocycles. The van der Waals surface area contributed by atoms with Crippen LogP contribution in [0.1, 0.15) is 26.2 Å². The molecule has 1 saturated heterocycles. The summed E-state index contributed by atoms with van der Waals surface area (Å²) < 4.78 is 0. The third-order valence-corrected chi connectivity index (χ3v) is 3.62. The highest BCUT2D eigenvalue weighted by Crippen LogP contribution is 2.21. The first-order chi connectivity index (χ1) is 7.79. The smallest absolute Gasteiger partial charge is 0.230 e. The fraction of sp³-hybridized carbons (Fsp3) is 0.700. The first-order valence-electron chi connectivity index (χ1n) is 5.59. The molecule has 0 N–H and O–H groups in total. The first kappa shape index (κ1) is 11.9. The predicted molar refractivity (Wildman–Crippen MR) is 67.3 cm³/mol. The number of aromatic nitrogens is 3. The fourth-order valence-electron chi connectivity index (χ4n) is 1.64. The highest BCUT2D eigenvalue weighted by Gasteiger charge is 2.16. The second kappa shape index (κ2) is 5.68. The molecule has 0 radical (unpaired) electrons. The summed E-state index contributed by atoms with van der Waals surface area (Å²) in [7, 11) is 0. The van der Waals surface area contributed by atoms with E-state index in [9.17, 15) is 0 Å². The summed E-state index contributed by atoms with van der Waals surface area (Å²) in [6.45, 7) is 4.19. The van der Waals surface area contributed by atoms with Crippen molar-refractivity contribution in [3.05, 3.63) is 5.28 Å². The van der Waals surface area contributed by atoms with E-state index >= 15 is 0 Å². The van der Waals surface area contributed by atoms with Crippen molar-refractivity contribution in [1.29, 1.82) is 0 Å². The standard InChI is InChI=1S/C10H15ClN4S/c1-2-7-16-10-13-8(11)12-9(14-10)15-5-3-4-6-15/h2-7H2,1H3. The monoisotopic (exact) mass is 258 g/mol. The van der Waals surface area contributed by atoms with Gasteiger partial charge in [0.05, 0.1) is 0 Å². The van der Waals surface area contributed by atoms with Crippen molar-refractivity contribution in [3.63, 3.8) is 0 Å². The molecule has 0 amide bonds. The minimum absolute atomic E-state index is 0.301. The Balaban J connectivity index is 2.14. The molecule has 1 aromatic heterocycles. The van der Waals surface area contributed by atoms with E-state index in [4.69, 9.17) is 11.6 Å². The maximum Gasteiger partial charge on any atom is 0.230 e. The van der Waals surface area contributed by atoms with Crippen molar-refractivity contribution < 1.29 is 0 Å². The summed E-state index contributed by atoms with van der Waals surface area (Å²) in [4.78, 5) is 14.9. The summed E-state index contributed by atoms with van der Waals surface area (Å²) in [5.74, 6) is 1.75. The quantitative estimate of drug-likeness (QED) is 0.777. The zero-order valence-electron chi connectivity index (χ0n) is 9.32. The van der Waals surface area contributed by atoms with Crippen LogP contribution in [0.3, 0.4) is 0 Å². The Labute approximate surface area is 105 Å². The number of rotatable bonds is 4. The van der Waals surface area contributed by atoms with Crippen molar-refractivity contribution in [1.82, 2.24) is 15.0 Å². The van der Waals surface area contributed by atoms with Gasteiger partial charge >= 0.3 is 0 Å². The second-order valence-corrected chi connectivity index (χ2v) is 5.13. The van der Waals surface area contributed by atoms with E-state index < -0.39 is 0 Å². The maximum absolute atomic E-state index is 5.91. The molecule has 2 rings (SSSR count). The Bertz CT molecular complexity index is 355. The number of hydrogen-bond acceptors (Lipinski definition) is 5. The highest BCUT2D eigenvalue weighted by atomic mass is 35.5. The Morgan fingerprint density at radius 1 is 1.25 bits per heavy atom. The lowest BCUT2D eigenvalue weighted by atomic mass is 10.4. The normalized spacial score (nSPS) is 15.8. The molecular weight excluding hydrogens is 244 g/mol. The van der Waals surface area contributed by atoms with Gasteiger partial charge in [0.15, 0.2) is 5.16 Å². The largest absolute Gasteiger partial charge is 0.341 e. The Hall–Kier alpha value is -0.550. The van der Waals surface area contributed by atoms with Crippen LogP contribution in [0.4, 0.5) is 5.95 Å². The maximum atomic E-state index is 5.91. The SMILES string of the molecule is CCCSc1nc(Cl)nc(N2CCCC2)n1. The van der Waals surface area contributed by atoms with E-state index in [0.717, 1.165) is 36.4 Å². The van der Waals surface area contributed by atoms with Gasteiger partial charge in [-0.1, -0.05) is 18.7 Å². The van der Waals surface area contributed by atoms with Gasteiger partial charge in [-0.3, -0.25) is 0 Å². The molecule has 0 aromatic carbocycles. The Kier molecular flexibility index (Phi) is 4.23. The van der Waals surface area contributed by atoms with Crippen molar-refractivity contribution in [2.45, 2.75) is 31.3 Å². The molecule has 1 aromatic rings. The van der Waals surface area contributed by atoms with Gasteiger partial charge in [0.1, 0.15) is 0 Å². The molecule has 0 aliphatic carbocycles. The van der Waals surface area contributed by atoms with Crippen LogP contribution in [0.25, 0.3) is 0 Å². The molecule has 88 valence electrons. The van der Waals surface area contributed by atoms with Crippen LogP contribution in [-0.2, 0) is 0 Å². The van der Waals surface area contributed by atoms with Gasteiger partial charge in [-0.15, -0.1) is 0 Å². The topological polar surface area (TPSA) is 41.9 Å². The molecular formula is C10H15ClN4S. The van der Waals surface area contributed by atoms with E-state index in [-0.39, 0.29) is 0 Å². The molecule has 1 fully saturated rings. The molecule has 1 aliphatic rings. The summed E-state index contributed by atoms with van der Waals surface area (Å²) in [5, 5.41) is 1.04. The van der Waals surface area contributed by atoms with Crippen LogP contribution in [0, 0.1) is 0 Å². The predicted octanol–water partition coefficient (Wildman–Crippen LogP) is 2.63. The number of halogens is 1. The van der Waals surface area contributed by atoms with Crippen molar-refractivity contribution in [2.24, 2.45) is 0 Å². The molecule has 1 aliphatic heterocycles. The van der Waals surface area contributed by atoms with Crippen LogP contribution in [0.15, 0.2) is 5.16 Å². The fourth-order valence-corrected chi connectivity index (χ4v) is 2.53. The average Bonchev–Trinajstić information content (AvgIpc) is 2.79. The van der Waals surface area contributed by atoms with Gasteiger partial charge in [0.2, 0.25) is 11.2 Å². The molecule has 0 atom stereocenters. The van der Waals surface area contributed by atoms with E-state index in [2.05, 4.69) is 26.8 Å². The van der Waals surface area contributed by atoms with E-state index in [1.165, 1.54) is 12.8 Å². The van der Waals surface area contributed by atoms with Crippen molar-refractivity contribution in [3.8, 4) is 0 Å². The van der Waals surface area contributed by atoms with Crippen LogP contribution in [0.2, 0.25) is 5.28 Å². The summed E-state index contributed by atoms with van der Waals surface area (Å²) in [5.41, 5.74) is 0.